The van der Waals surface area contributed by atoms with Crippen LogP contribution in [0.2, 0.25) is 0 Å². The van der Waals surface area contributed by atoms with E-state index in [1.807, 2.05) is 0 Å². The van der Waals surface area contributed by atoms with Crippen LogP contribution in [-0.2, 0) is 6.42 Å². The standard InChI is InChI=1S/C9H7F2N3/c10-8-2-1-3-9(11)7(8)4-6-5-12-14-13-6/h1-3,5H,4H2,(H,12,13,14). The lowest BCUT2D eigenvalue weighted by atomic mass is 10.1. The van der Waals surface area contributed by atoms with Crippen LogP contribution in [0.15, 0.2) is 24.4 Å². The van der Waals surface area contributed by atoms with Gasteiger partial charge in [-0.2, -0.15) is 15.4 Å². The van der Waals surface area contributed by atoms with Crippen molar-refractivity contribution in [3.8, 4) is 0 Å². The Hall–Kier alpha value is -1.78. The molecule has 0 aliphatic carbocycles. The van der Waals surface area contributed by atoms with E-state index in [0.717, 1.165) is 0 Å². The molecule has 0 saturated carbocycles. The van der Waals surface area contributed by atoms with E-state index in [-0.39, 0.29) is 12.0 Å². The molecule has 0 spiro atoms. The Labute approximate surface area is 78.8 Å². The van der Waals surface area contributed by atoms with Crippen LogP contribution >= 0.6 is 0 Å². The second-order valence-electron chi connectivity index (χ2n) is 2.84. The van der Waals surface area contributed by atoms with E-state index in [2.05, 4.69) is 15.4 Å². The van der Waals surface area contributed by atoms with Crippen LogP contribution in [-0.4, -0.2) is 15.4 Å². The second kappa shape index (κ2) is 3.53. The molecule has 0 fully saturated rings. The summed E-state index contributed by atoms with van der Waals surface area (Å²) >= 11 is 0. The Kier molecular flexibility index (Phi) is 2.22. The zero-order valence-electron chi connectivity index (χ0n) is 7.17. The van der Waals surface area contributed by atoms with E-state index >= 15 is 0 Å². The van der Waals surface area contributed by atoms with Gasteiger partial charge in [0.05, 0.1) is 11.9 Å². The van der Waals surface area contributed by atoms with Crippen LogP contribution in [0.4, 0.5) is 8.78 Å². The summed E-state index contributed by atoms with van der Waals surface area (Å²) in [5, 5.41) is 9.66. The first-order valence-electron chi connectivity index (χ1n) is 4.05. The van der Waals surface area contributed by atoms with Gasteiger partial charge in [0.15, 0.2) is 0 Å². The van der Waals surface area contributed by atoms with E-state index in [1.54, 1.807) is 0 Å². The van der Waals surface area contributed by atoms with Gasteiger partial charge in [-0.1, -0.05) is 6.07 Å². The number of hydrogen-bond donors (Lipinski definition) is 1. The molecule has 3 nitrogen and oxygen atoms in total. The molecule has 0 radical (unpaired) electrons. The van der Waals surface area contributed by atoms with Gasteiger partial charge in [-0.05, 0) is 12.1 Å². The van der Waals surface area contributed by atoms with Gasteiger partial charge in [-0.15, -0.1) is 0 Å². The molecule has 2 aromatic rings. The van der Waals surface area contributed by atoms with Gasteiger partial charge < -0.3 is 0 Å². The summed E-state index contributed by atoms with van der Waals surface area (Å²) in [6.07, 6.45) is 1.54. The molecule has 0 saturated heterocycles. The van der Waals surface area contributed by atoms with Crippen LogP contribution in [0, 0.1) is 11.6 Å². The third-order valence-electron chi connectivity index (χ3n) is 1.88. The Bertz CT molecular complexity index is 405. The molecule has 14 heavy (non-hydrogen) atoms. The Morgan fingerprint density at radius 3 is 2.50 bits per heavy atom. The zero-order chi connectivity index (χ0) is 9.97. The average Bonchev–Trinajstić information content (AvgIpc) is 2.64. The number of nitrogens with one attached hydrogen (secondary N) is 1. The summed E-state index contributed by atoms with van der Waals surface area (Å²) in [5.41, 5.74) is 0.524. The van der Waals surface area contributed by atoms with Gasteiger partial charge in [0.2, 0.25) is 0 Å². The average molecular weight is 195 g/mol. The quantitative estimate of drug-likeness (QED) is 0.791. The number of hydrogen-bond acceptors (Lipinski definition) is 2. The maximum Gasteiger partial charge on any atom is 0.129 e. The smallest absolute Gasteiger partial charge is 0.129 e. The molecule has 0 amide bonds. The minimum atomic E-state index is -0.562. The molecule has 1 aromatic carbocycles. The molecule has 2 rings (SSSR count). The maximum atomic E-state index is 13.1. The monoisotopic (exact) mass is 195 g/mol. The van der Waals surface area contributed by atoms with Gasteiger partial charge in [0.25, 0.3) is 0 Å². The Morgan fingerprint density at radius 1 is 1.21 bits per heavy atom. The van der Waals surface area contributed by atoms with Crippen LogP contribution in [0.3, 0.4) is 0 Å². The fourth-order valence-corrected chi connectivity index (χ4v) is 1.19. The number of aromatic nitrogens is 3. The predicted molar refractivity (Wildman–Crippen MR) is 45.5 cm³/mol. The molecule has 0 atom stereocenters. The fourth-order valence-electron chi connectivity index (χ4n) is 1.19. The van der Waals surface area contributed by atoms with Gasteiger partial charge >= 0.3 is 0 Å². The Morgan fingerprint density at radius 2 is 1.93 bits per heavy atom. The molecule has 1 aromatic heterocycles. The first-order valence-corrected chi connectivity index (χ1v) is 4.05. The van der Waals surface area contributed by atoms with Crippen molar-refractivity contribution < 1.29 is 8.78 Å². The van der Waals surface area contributed by atoms with Crippen molar-refractivity contribution in [1.82, 2.24) is 15.4 Å². The number of rotatable bonds is 2. The summed E-state index contributed by atoms with van der Waals surface area (Å²) in [6, 6.07) is 3.77. The van der Waals surface area contributed by atoms with Crippen molar-refractivity contribution in [3.63, 3.8) is 0 Å². The third kappa shape index (κ3) is 1.61. The van der Waals surface area contributed by atoms with Crippen molar-refractivity contribution in [1.29, 1.82) is 0 Å². The highest BCUT2D eigenvalue weighted by molar-refractivity contribution is 5.23. The first kappa shape index (κ1) is 8.80. The number of aromatic amines is 1. The Balaban J connectivity index is 2.33. The van der Waals surface area contributed by atoms with E-state index in [9.17, 15) is 8.78 Å². The van der Waals surface area contributed by atoms with Crippen molar-refractivity contribution >= 4 is 0 Å². The van der Waals surface area contributed by atoms with Crippen molar-refractivity contribution in [2.24, 2.45) is 0 Å². The largest absolute Gasteiger partial charge is 0.207 e. The van der Waals surface area contributed by atoms with Crippen molar-refractivity contribution in [2.45, 2.75) is 6.42 Å². The molecule has 0 aliphatic heterocycles. The van der Waals surface area contributed by atoms with Gasteiger partial charge in [-0.3, -0.25) is 0 Å². The predicted octanol–water partition coefficient (Wildman–Crippen LogP) is 1.67. The van der Waals surface area contributed by atoms with Gasteiger partial charge in [0, 0.05) is 12.0 Å². The molecule has 5 heteroatoms. The number of H-pyrrole nitrogens is 1. The van der Waals surface area contributed by atoms with Crippen molar-refractivity contribution in [3.05, 3.63) is 47.3 Å². The molecular formula is C9H7F2N3. The van der Waals surface area contributed by atoms with Crippen LogP contribution in [0.1, 0.15) is 11.3 Å². The van der Waals surface area contributed by atoms with Gasteiger partial charge in [-0.25, -0.2) is 8.78 Å². The van der Waals surface area contributed by atoms with E-state index in [1.165, 1.54) is 24.4 Å². The van der Waals surface area contributed by atoms with E-state index in [4.69, 9.17) is 0 Å². The second-order valence-corrected chi connectivity index (χ2v) is 2.84. The maximum absolute atomic E-state index is 13.1. The molecular weight excluding hydrogens is 188 g/mol. The SMILES string of the molecule is Fc1cccc(F)c1Cc1cn[nH]n1. The van der Waals surface area contributed by atoms with E-state index in [0.29, 0.717) is 5.69 Å². The lowest BCUT2D eigenvalue weighted by molar-refractivity contribution is 0.560. The van der Waals surface area contributed by atoms with Gasteiger partial charge in [0.1, 0.15) is 11.6 Å². The topological polar surface area (TPSA) is 41.6 Å². The highest BCUT2D eigenvalue weighted by Gasteiger charge is 2.09. The zero-order valence-corrected chi connectivity index (χ0v) is 7.17. The minimum Gasteiger partial charge on any atom is -0.207 e. The number of halogens is 2. The number of benzene rings is 1. The minimum absolute atomic E-state index is 0.0152. The molecule has 0 aliphatic rings. The lowest BCUT2D eigenvalue weighted by Crippen LogP contribution is -1.97. The molecule has 0 bridgehead atoms. The highest BCUT2D eigenvalue weighted by Crippen LogP contribution is 2.14. The lowest BCUT2D eigenvalue weighted by Gasteiger charge is -2.01. The first-order chi connectivity index (χ1) is 6.77. The highest BCUT2D eigenvalue weighted by atomic mass is 19.1. The summed E-state index contributed by atoms with van der Waals surface area (Å²) in [7, 11) is 0. The summed E-state index contributed by atoms with van der Waals surface area (Å²) in [5.74, 6) is -1.12. The molecule has 1 heterocycles. The normalized spacial score (nSPS) is 10.4. The summed E-state index contributed by atoms with van der Waals surface area (Å²) in [4.78, 5) is 0. The van der Waals surface area contributed by atoms with Crippen LogP contribution < -0.4 is 0 Å². The van der Waals surface area contributed by atoms with E-state index < -0.39 is 11.6 Å². The summed E-state index contributed by atoms with van der Waals surface area (Å²) < 4.78 is 26.3. The molecule has 0 unspecified atom stereocenters. The van der Waals surface area contributed by atoms with Crippen LogP contribution in [0.25, 0.3) is 0 Å². The fraction of sp³-hybridized carbons (Fsp3) is 0.111. The third-order valence-corrected chi connectivity index (χ3v) is 1.88. The number of nitrogens with zero attached hydrogens (tertiary/aromatic N) is 2. The van der Waals surface area contributed by atoms with Crippen LogP contribution in [0.5, 0.6) is 0 Å². The molecule has 72 valence electrons. The molecule has 1 N–H and O–H groups in total. The summed E-state index contributed by atoms with van der Waals surface area (Å²) in [6.45, 7) is 0. The van der Waals surface area contributed by atoms with Crippen molar-refractivity contribution in [2.75, 3.05) is 0 Å².